The van der Waals surface area contributed by atoms with Crippen LogP contribution in [0.25, 0.3) is 0 Å². The summed E-state index contributed by atoms with van der Waals surface area (Å²) in [7, 11) is 0. The molecular weight excluding hydrogens is 388 g/mol. The van der Waals surface area contributed by atoms with E-state index in [9.17, 15) is 19.5 Å². The molecule has 0 aromatic carbocycles. The van der Waals surface area contributed by atoms with Crippen LogP contribution < -0.4 is 11.1 Å². The lowest BCUT2D eigenvalue weighted by Gasteiger charge is -2.53. The first-order valence-corrected chi connectivity index (χ1v) is 9.65. The highest BCUT2D eigenvalue weighted by Gasteiger charge is 2.56. The highest BCUT2D eigenvalue weighted by Crippen LogP contribution is 2.43. The third-order valence-electron chi connectivity index (χ3n) is 4.14. The minimum atomic E-state index is -1.20. The molecule has 0 spiro atoms. The number of fused-ring (bicyclic) bond motifs is 1. The second-order valence-corrected chi connectivity index (χ2v) is 8.07. The van der Waals surface area contributed by atoms with E-state index in [0.717, 1.165) is 5.54 Å². The topological polar surface area (TPSA) is 126 Å². The minimum Gasteiger partial charge on any atom is -0.481 e. The van der Waals surface area contributed by atoms with Crippen LogP contribution in [0.5, 0.6) is 0 Å². The first-order valence-electron chi connectivity index (χ1n) is 7.29. The minimum absolute atomic E-state index is 0.0387. The number of carboxylic acid groups (broad SMARTS) is 1. The van der Waals surface area contributed by atoms with Gasteiger partial charge in [0.15, 0.2) is 5.13 Å². The summed E-state index contributed by atoms with van der Waals surface area (Å²) in [5.41, 5.74) is 6.04. The van der Waals surface area contributed by atoms with E-state index in [1.165, 1.54) is 34.1 Å². The Labute approximate surface area is 156 Å². The third-order valence-corrected chi connectivity index (χ3v) is 6.54. The number of carbonyl (C=O) groups excluding carboxylic acids is 2. The first-order chi connectivity index (χ1) is 11.9. The number of nitrogen functional groups attached to an aromatic ring is 1. The molecule has 11 heteroatoms. The van der Waals surface area contributed by atoms with Gasteiger partial charge in [-0.25, -0.2) is 4.98 Å². The number of nitrogens with one attached hydrogen (secondary N) is 1. The SMILES string of the molecule is Nc1nc(CC(=O)NC2C(=O)N3CC(C=CCl)(C(=O)O)CS[C@H]23)cs1. The number of hydrogen-bond donors (Lipinski definition) is 3. The van der Waals surface area contributed by atoms with Gasteiger partial charge in [-0.3, -0.25) is 14.4 Å². The Bertz CT molecular complexity index is 755. The van der Waals surface area contributed by atoms with Crippen molar-refractivity contribution in [3.8, 4) is 0 Å². The van der Waals surface area contributed by atoms with Crippen LogP contribution >= 0.6 is 34.7 Å². The molecule has 2 unspecified atom stereocenters. The van der Waals surface area contributed by atoms with Crippen LogP contribution in [0.4, 0.5) is 5.13 Å². The summed E-state index contributed by atoms with van der Waals surface area (Å²) < 4.78 is 0. The van der Waals surface area contributed by atoms with Crippen molar-refractivity contribution in [2.24, 2.45) is 5.41 Å². The normalized spacial score (nSPS) is 28.5. The molecule has 2 amide bonds. The second kappa shape index (κ2) is 6.85. The Morgan fingerprint density at radius 2 is 2.36 bits per heavy atom. The van der Waals surface area contributed by atoms with Gasteiger partial charge in [-0.05, 0) is 0 Å². The van der Waals surface area contributed by atoms with E-state index in [1.807, 2.05) is 0 Å². The summed E-state index contributed by atoms with van der Waals surface area (Å²) in [6.07, 6.45) is 1.44. The number of nitrogens with two attached hydrogens (primary N) is 1. The number of halogens is 1. The van der Waals surface area contributed by atoms with E-state index < -0.39 is 17.4 Å². The molecule has 134 valence electrons. The quantitative estimate of drug-likeness (QED) is 0.612. The maximum Gasteiger partial charge on any atom is 0.316 e. The zero-order chi connectivity index (χ0) is 18.2. The van der Waals surface area contributed by atoms with Gasteiger partial charge in [0, 0.05) is 23.2 Å². The number of anilines is 1. The summed E-state index contributed by atoms with van der Waals surface area (Å²) in [6.45, 7) is 0.0387. The molecule has 3 atom stereocenters. The van der Waals surface area contributed by atoms with Gasteiger partial charge < -0.3 is 21.1 Å². The summed E-state index contributed by atoms with van der Waals surface area (Å²) in [5.74, 6) is -1.37. The Morgan fingerprint density at radius 1 is 1.60 bits per heavy atom. The van der Waals surface area contributed by atoms with Crippen LogP contribution in [0.1, 0.15) is 5.69 Å². The molecule has 0 bridgehead atoms. The fourth-order valence-electron chi connectivity index (χ4n) is 2.81. The largest absolute Gasteiger partial charge is 0.481 e. The molecule has 4 N–H and O–H groups in total. The van der Waals surface area contributed by atoms with Crippen molar-refractivity contribution in [3.63, 3.8) is 0 Å². The lowest BCUT2D eigenvalue weighted by atomic mass is 9.87. The molecule has 2 saturated heterocycles. The van der Waals surface area contributed by atoms with Crippen molar-refractivity contribution in [3.05, 3.63) is 22.7 Å². The number of rotatable bonds is 5. The maximum atomic E-state index is 12.3. The van der Waals surface area contributed by atoms with E-state index in [2.05, 4.69) is 10.3 Å². The monoisotopic (exact) mass is 402 g/mol. The van der Waals surface area contributed by atoms with Gasteiger partial charge in [-0.2, -0.15) is 0 Å². The summed E-state index contributed by atoms with van der Waals surface area (Å²) in [5, 5.41) is 14.0. The zero-order valence-electron chi connectivity index (χ0n) is 12.8. The van der Waals surface area contributed by atoms with Gasteiger partial charge >= 0.3 is 5.97 Å². The van der Waals surface area contributed by atoms with Gasteiger partial charge in [0.2, 0.25) is 11.8 Å². The van der Waals surface area contributed by atoms with Gasteiger partial charge in [0.25, 0.3) is 0 Å². The molecule has 8 nitrogen and oxygen atoms in total. The molecule has 0 radical (unpaired) electrons. The smallest absolute Gasteiger partial charge is 0.316 e. The van der Waals surface area contributed by atoms with Gasteiger partial charge in [-0.15, -0.1) is 23.1 Å². The molecule has 3 heterocycles. The molecule has 2 fully saturated rings. The lowest BCUT2D eigenvalue weighted by molar-refractivity contribution is -0.156. The second-order valence-electron chi connectivity index (χ2n) is 5.82. The number of β-lactam (4-membered cyclic amide) rings is 1. The zero-order valence-corrected chi connectivity index (χ0v) is 15.2. The highest BCUT2D eigenvalue weighted by atomic mass is 35.5. The van der Waals surface area contributed by atoms with Crippen LogP contribution in [-0.4, -0.2) is 56.5 Å². The Balaban J connectivity index is 1.62. The molecule has 2 aliphatic heterocycles. The van der Waals surface area contributed by atoms with E-state index in [-0.39, 0.29) is 35.9 Å². The molecule has 0 aliphatic carbocycles. The Kier molecular flexibility index (Phi) is 4.94. The average Bonchev–Trinajstić information content (AvgIpc) is 2.97. The van der Waals surface area contributed by atoms with Crippen LogP contribution in [0.15, 0.2) is 17.0 Å². The first kappa shape index (κ1) is 18.0. The Hall–Kier alpha value is -1.78. The number of thiazole rings is 1. The predicted molar refractivity (Wildman–Crippen MR) is 95.2 cm³/mol. The van der Waals surface area contributed by atoms with Crippen LogP contribution in [0.3, 0.4) is 0 Å². The molecular formula is C14H15ClN4O4S2. The van der Waals surface area contributed by atoms with Crippen molar-refractivity contribution in [2.75, 3.05) is 18.0 Å². The predicted octanol–water partition coefficient (Wildman–Crippen LogP) is 0.491. The van der Waals surface area contributed by atoms with Gasteiger partial charge in [-0.1, -0.05) is 17.7 Å². The summed E-state index contributed by atoms with van der Waals surface area (Å²) in [6, 6.07) is -0.653. The summed E-state index contributed by atoms with van der Waals surface area (Å²) >= 11 is 8.12. The molecule has 1 aromatic rings. The average molecular weight is 403 g/mol. The van der Waals surface area contributed by atoms with Crippen molar-refractivity contribution < 1.29 is 19.5 Å². The van der Waals surface area contributed by atoms with Crippen molar-refractivity contribution in [1.29, 1.82) is 0 Å². The highest BCUT2D eigenvalue weighted by molar-refractivity contribution is 8.00. The van der Waals surface area contributed by atoms with Crippen molar-refractivity contribution >= 4 is 57.6 Å². The Morgan fingerprint density at radius 3 is 2.96 bits per heavy atom. The van der Waals surface area contributed by atoms with Gasteiger partial charge in [0.05, 0.1) is 12.1 Å². The molecule has 0 saturated carbocycles. The van der Waals surface area contributed by atoms with E-state index >= 15 is 0 Å². The van der Waals surface area contributed by atoms with E-state index in [1.54, 1.807) is 5.38 Å². The fraction of sp³-hybridized carbons (Fsp3) is 0.429. The number of hydrogen-bond acceptors (Lipinski definition) is 7. The lowest BCUT2D eigenvalue weighted by Crippen LogP contribution is -2.73. The maximum absolute atomic E-state index is 12.3. The van der Waals surface area contributed by atoms with Crippen LogP contribution in [0.2, 0.25) is 0 Å². The van der Waals surface area contributed by atoms with Crippen LogP contribution in [-0.2, 0) is 20.8 Å². The van der Waals surface area contributed by atoms with Crippen molar-refractivity contribution in [2.45, 2.75) is 17.8 Å². The number of carboxylic acids is 1. The number of carbonyl (C=O) groups is 3. The molecule has 1 aromatic heterocycles. The number of aliphatic carboxylic acids is 1. The van der Waals surface area contributed by atoms with Crippen LogP contribution in [0, 0.1) is 5.41 Å². The van der Waals surface area contributed by atoms with Gasteiger partial charge in [0.1, 0.15) is 16.8 Å². The fourth-order valence-corrected chi connectivity index (χ4v) is 5.13. The number of amides is 2. The number of nitrogens with zero attached hydrogens (tertiary/aromatic N) is 2. The van der Waals surface area contributed by atoms with Crippen molar-refractivity contribution in [1.82, 2.24) is 15.2 Å². The third kappa shape index (κ3) is 3.33. The van der Waals surface area contributed by atoms with E-state index in [0.29, 0.717) is 10.8 Å². The molecule has 2 aliphatic rings. The molecule has 25 heavy (non-hydrogen) atoms. The molecule has 3 rings (SSSR count). The summed E-state index contributed by atoms with van der Waals surface area (Å²) in [4.78, 5) is 41.5. The number of thioether (sulfide) groups is 1. The number of aromatic nitrogens is 1. The standard InChI is InChI=1S/C14H15ClN4O4S2/c15-2-1-14(12(22)23)5-19-10(21)9(11(19)25-6-14)18-8(20)3-7-4-24-13(16)17-7/h1-2,4,9,11H,3,5-6H2,(H2,16,17)(H,18,20)(H,22,23)/t9?,11-,14?/m1/s1. The van der Waals surface area contributed by atoms with E-state index in [4.69, 9.17) is 17.3 Å².